The number of carbonyl (C=O) groups is 1. The first-order valence-electron chi connectivity index (χ1n) is 6.12. The molecule has 0 saturated heterocycles. The van der Waals surface area contributed by atoms with E-state index in [1.807, 2.05) is 31.2 Å². The van der Waals surface area contributed by atoms with Gasteiger partial charge in [0.15, 0.2) is 0 Å². The van der Waals surface area contributed by atoms with Gasteiger partial charge in [0, 0.05) is 19.6 Å². The Bertz CT molecular complexity index is 375. The quantitative estimate of drug-likeness (QED) is 0.547. The Hall–Kier alpha value is -1.61. The van der Waals surface area contributed by atoms with Crippen LogP contribution in [0.3, 0.4) is 0 Å². The minimum absolute atomic E-state index is 0.126. The Morgan fingerprint density at radius 3 is 2.67 bits per heavy atom. The maximum absolute atomic E-state index is 11.4. The van der Waals surface area contributed by atoms with Gasteiger partial charge in [-0.25, -0.2) is 0 Å². The summed E-state index contributed by atoms with van der Waals surface area (Å²) in [7, 11) is 1.42. The summed E-state index contributed by atoms with van der Waals surface area (Å²) in [5.41, 5.74) is 1.23. The molecule has 0 heterocycles. The van der Waals surface area contributed by atoms with Gasteiger partial charge in [-0.1, -0.05) is 43.3 Å². The molecule has 1 aromatic carbocycles. The summed E-state index contributed by atoms with van der Waals surface area (Å²) in [6.45, 7) is 7.89. The van der Waals surface area contributed by atoms with Gasteiger partial charge in [0.1, 0.15) is 0 Å². The zero-order valence-corrected chi connectivity index (χ0v) is 11.1. The van der Waals surface area contributed by atoms with Gasteiger partial charge < -0.3 is 4.74 Å². The molecule has 0 saturated carbocycles. The molecule has 3 heteroatoms. The minimum atomic E-state index is -0.169. The summed E-state index contributed by atoms with van der Waals surface area (Å²) in [4.78, 5) is 13.6. The van der Waals surface area contributed by atoms with Crippen molar-refractivity contribution in [1.29, 1.82) is 0 Å². The maximum Gasteiger partial charge on any atom is 0.309 e. The van der Waals surface area contributed by atoms with Gasteiger partial charge in [-0.2, -0.15) is 0 Å². The van der Waals surface area contributed by atoms with Crippen LogP contribution in [0, 0.1) is 5.92 Å². The average Bonchev–Trinajstić information content (AvgIpc) is 2.39. The number of esters is 1. The fourth-order valence-electron chi connectivity index (χ4n) is 1.89. The highest BCUT2D eigenvalue weighted by molar-refractivity contribution is 5.72. The van der Waals surface area contributed by atoms with Crippen molar-refractivity contribution >= 4 is 5.97 Å². The van der Waals surface area contributed by atoms with Crippen LogP contribution in [-0.4, -0.2) is 31.1 Å². The van der Waals surface area contributed by atoms with Gasteiger partial charge in [-0.15, -0.1) is 6.58 Å². The van der Waals surface area contributed by atoms with E-state index in [-0.39, 0.29) is 11.9 Å². The Morgan fingerprint density at radius 1 is 1.44 bits per heavy atom. The highest BCUT2D eigenvalue weighted by atomic mass is 16.5. The Morgan fingerprint density at radius 2 is 2.11 bits per heavy atom. The van der Waals surface area contributed by atoms with Crippen LogP contribution in [0.1, 0.15) is 12.5 Å². The molecule has 1 atom stereocenters. The standard InChI is InChI=1S/C15H21NO2/c1-4-10-16(11-13(2)15(17)18-3)12-14-8-6-5-7-9-14/h4-9,13H,1,10-12H2,2-3H3. The van der Waals surface area contributed by atoms with Gasteiger partial charge in [0.05, 0.1) is 13.0 Å². The molecule has 0 aromatic heterocycles. The van der Waals surface area contributed by atoms with Gasteiger partial charge >= 0.3 is 5.97 Å². The second-order valence-electron chi connectivity index (χ2n) is 4.39. The van der Waals surface area contributed by atoms with Crippen LogP contribution in [0.4, 0.5) is 0 Å². The second-order valence-corrected chi connectivity index (χ2v) is 4.39. The summed E-state index contributed by atoms with van der Waals surface area (Å²) < 4.78 is 4.75. The molecule has 1 rings (SSSR count). The van der Waals surface area contributed by atoms with E-state index in [2.05, 4.69) is 23.6 Å². The summed E-state index contributed by atoms with van der Waals surface area (Å²) in [6.07, 6.45) is 1.85. The molecule has 0 N–H and O–H groups in total. The molecule has 0 bridgehead atoms. The van der Waals surface area contributed by atoms with Crippen LogP contribution < -0.4 is 0 Å². The van der Waals surface area contributed by atoms with Crippen molar-refractivity contribution in [3.63, 3.8) is 0 Å². The molecule has 98 valence electrons. The van der Waals surface area contributed by atoms with E-state index in [0.717, 1.165) is 13.1 Å². The summed E-state index contributed by atoms with van der Waals surface area (Å²) >= 11 is 0. The largest absolute Gasteiger partial charge is 0.469 e. The topological polar surface area (TPSA) is 29.5 Å². The van der Waals surface area contributed by atoms with E-state index in [0.29, 0.717) is 6.54 Å². The molecule has 1 aromatic rings. The van der Waals surface area contributed by atoms with Crippen molar-refractivity contribution in [1.82, 2.24) is 4.90 Å². The van der Waals surface area contributed by atoms with Crippen LogP contribution in [0.2, 0.25) is 0 Å². The molecule has 3 nitrogen and oxygen atoms in total. The van der Waals surface area contributed by atoms with Crippen molar-refractivity contribution in [2.24, 2.45) is 5.92 Å². The average molecular weight is 247 g/mol. The van der Waals surface area contributed by atoms with Crippen molar-refractivity contribution in [3.05, 3.63) is 48.6 Å². The first-order valence-corrected chi connectivity index (χ1v) is 6.12. The Labute approximate surface area is 109 Å². The van der Waals surface area contributed by atoms with Gasteiger partial charge in [-0.3, -0.25) is 9.69 Å². The Balaban J connectivity index is 2.60. The van der Waals surface area contributed by atoms with Crippen molar-refractivity contribution < 1.29 is 9.53 Å². The fraction of sp³-hybridized carbons (Fsp3) is 0.400. The van der Waals surface area contributed by atoms with Crippen molar-refractivity contribution in [2.75, 3.05) is 20.2 Å². The molecular weight excluding hydrogens is 226 g/mol. The fourth-order valence-corrected chi connectivity index (χ4v) is 1.89. The first-order chi connectivity index (χ1) is 8.67. The lowest BCUT2D eigenvalue weighted by atomic mass is 10.1. The highest BCUT2D eigenvalue weighted by Gasteiger charge is 2.16. The highest BCUT2D eigenvalue weighted by Crippen LogP contribution is 2.08. The van der Waals surface area contributed by atoms with Crippen LogP contribution in [0.25, 0.3) is 0 Å². The second kappa shape index (κ2) is 7.67. The molecule has 0 radical (unpaired) electrons. The lowest BCUT2D eigenvalue weighted by Crippen LogP contribution is -2.32. The van der Waals surface area contributed by atoms with Crippen LogP contribution >= 0.6 is 0 Å². The number of ether oxygens (including phenoxy) is 1. The van der Waals surface area contributed by atoms with E-state index in [9.17, 15) is 4.79 Å². The first kappa shape index (κ1) is 14.5. The number of hydrogen-bond donors (Lipinski definition) is 0. The lowest BCUT2D eigenvalue weighted by Gasteiger charge is -2.23. The zero-order valence-electron chi connectivity index (χ0n) is 11.1. The third-order valence-corrected chi connectivity index (χ3v) is 2.77. The molecule has 1 unspecified atom stereocenters. The third-order valence-electron chi connectivity index (χ3n) is 2.77. The van der Waals surface area contributed by atoms with Crippen LogP contribution in [0.15, 0.2) is 43.0 Å². The van der Waals surface area contributed by atoms with E-state index in [1.54, 1.807) is 0 Å². The SMILES string of the molecule is C=CCN(Cc1ccccc1)CC(C)C(=O)OC. The lowest BCUT2D eigenvalue weighted by molar-refractivity contribution is -0.145. The zero-order chi connectivity index (χ0) is 13.4. The molecule has 0 aliphatic carbocycles. The van der Waals surface area contributed by atoms with Gasteiger partial charge in [0.25, 0.3) is 0 Å². The molecule has 0 fully saturated rings. The summed E-state index contributed by atoms with van der Waals surface area (Å²) in [6, 6.07) is 10.2. The van der Waals surface area contributed by atoms with Gasteiger partial charge in [-0.05, 0) is 5.56 Å². The smallest absolute Gasteiger partial charge is 0.309 e. The molecule has 0 aliphatic rings. The maximum atomic E-state index is 11.4. The molecule has 0 spiro atoms. The normalized spacial score (nSPS) is 12.2. The van der Waals surface area contributed by atoms with E-state index in [1.165, 1.54) is 12.7 Å². The number of nitrogens with zero attached hydrogens (tertiary/aromatic N) is 1. The molecular formula is C15H21NO2. The molecule has 0 aliphatic heterocycles. The molecule has 18 heavy (non-hydrogen) atoms. The van der Waals surface area contributed by atoms with E-state index in [4.69, 9.17) is 4.74 Å². The number of rotatable bonds is 7. The van der Waals surface area contributed by atoms with Crippen LogP contribution in [-0.2, 0) is 16.1 Å². The van der Waals surface area contributed by atoms with Gasteiger partial charge in [0.2, 0.25) is 0 Å². The predicted molar refractivity (Wildman–Crippen MR) is 73.1 cm³/mol. The predicted octanol–water partition coefficient (Wildman–Crippen LogP) is 2.48. The number of benzene rings is 1. The van der Waals surface area contributed by atoms with Crippen molar-refractivity contribution in [2.45, 2.75) is 13.5 Å². The Kier molecular flexibility index (Phi) is 6.15. The minimum Gasteiger partial charge on any atom is -0.469 e. The third kappa shape index (κ3) is 4.72. The number of methoxy groups -OCH3 is 1. The summed E-state index contributed by atoms with van der Waals surface area (Å²) in [5, 5.41) is 0. The monoisotopic (exact) mass is 247 g/mol. The van der Waals surface area contributed by atoms with E-state index >= 15 is 0 Å². The van der Waals surface area contributed by atoms with Crippen molar-refractivity contribution in [3.8, 4) is 0 Å². The van der Waals surface area contributed by atoms with E-state index < -0.39 is 0 Å². The molecule has 0 amide bonds. The summed E-state index contributed by atoms with van der Waals surface area (Å²) in [5.74, 6) is -0.296. The number of hydrogen-bond acceptors (Lipinski definition) is 3. The van der Waals surface area contributed by atoms with Crippen LogP contribution in [0.5, 0.6) is 0 Å². The number of carbonyl (C=O) groups excluding carboxylic acids is 1.